The van der Waals surface area contributed by atoms with E-state index in [1.54, 1.807) is 0 Å². The van der Waals surface area contributed by atoms with Crippen molar-refractivity contribution in [1.29, 1.82) is 0 Å². The van der Waals surface area contributed by atoms with E-state index in [1.165, 1.54) is 44.1 Å². The Balaban J connectivity index is 1.32. The highest BCUT2D eigenvalue weighted by molar-refractivity contribution is 5.89. The fourth-order valence-corrected chi connectivity index (χ4v) is 6.00. The first-order valence-electron chi connectivity index (χ1n) is 9.97. The highest BCUT2D eigenvalue weighted by atomic mass is 16.2. The molecule has 3 heteroatoms. The van der Waals surface area contributed by atoms with Gasteiger partial charge in [-0.05, 0) is 84.8 Å². The third-order valence-corrected chi connectivity index (χ3v) is 6.80. The molecule has 4 aliphatic rings. The first kappa shape index (κ1) is 16.9. The maximum atomic E-state index is 12.4. The molecule has 0 unspecified atom stereocenters. The van der Waals surface area contributed by atoms with Crippen molar-refractivity contribution in [2.45, 2.75) is 64.7 Å². The molecule has 4 aliphatic carbocycles. The van der Waals surface area contributed by atoms with Gasteiger partial charge in [-0.15, -0.1) is 0 Å². The lowest BCUT2D eigenvalue weighted by Crippen LogP contribution is -2.51. The summed E-state index contributed by atoms with van der Waals surface area (Å²) in [5.74, 6) is 2.79. The van der Waals surface area contributed by atoms with E-state index in [-0.39, 0.29) is 11.4 Å². The predicted molar refractivity (Wildman–Crippen MR) is 103 cm³/mol. The van der Waals surface area contributed by atoms with Gasteiger partial charge in [0.15, 0.2) is 0 Å². The smallest absolute Gasteiger partial charge is 0.319 e. The fraction of sp³-hybridized carbons (Fsp3) is 0.682. The van der Waals surface area contributed by atoms with Gasteiger partial charge in [0.2, 0.25) is 0 Å². The third kappa shape index (κ3) is 3.56. The van der Waals surface area contributed by atoms with E-state index in [1.807, 2.05) is 12.1 Å². The van der Waals surface area contributed by atoms with Crippen molar-refractivity contribution < 1.29 is 4.79 Å². The summed E-state index contributed by atoms with van der Waals surface area (Å²) < 4.78 is 0. The minimum atomic E-state index is -0.0562. The van der Waals surface area contributed by atoms with Crippen LogP contribution in [0.1, 0.15) is 64.9 Å². The van der Waals surface area contributed by atoms with Crippen LogP contribution >= 0.6 is 0 Å². The number of amides is 2. The summed E-state index contributed by atoms with van der Waals surface area (Å²) in [5, 5.41) is 6.19. The standard InChI is InChI=1S/C22H32N2O/c1-21(2,3)18-4-6-19(7-5-18)24-20(25)23-14-22-11-15-8-16(12-22)10-17(9-15)13-22/h4-7,15-17H,8-14H2,1-3H3,(H2,23,24,25). The van der Waals surface area contributed by atoms with Crippen LogP contribution in [0.25, 0.3) is 0 Å². The van der Waals surface area contributed by atoms with Crippen molar-refractivity contribution >= 4 is 11.7 Å². The van der Waals surface area contributed by atoms with Crippen LogP contribution in [-0.2, 0) is 5.41 Å². The fourth-order valence-electron chi connectivity index (χ4n) is 6.00. The number of carbonyl (C=O) groups excluding carboxylic acids is 1. The third-order valence-electron chi connectivity index (χ3n) is 6.80. The van der Waals surface area contributed by atoms with Gasteiger partial charge in [0.25, 0.3) is 0 Å². The number of urea groups is 1. The van der Waals surface area contributed by atoms with Gasteiger partial charge in [-0.25, -0.2) is 4.79 Å². The van der Waals surface area contributed by atoms with Gasteiger partial charge >= 0.3 is 6.03 Å². The van der Waals surface area contributed by atoms with E-state index in [0.29, 0.717) is 5.41 Å². The molecular weight excluding hydrogens is 308 g/mol. The van der Waals surface area contributed by atoms with E-state index in [9.17, 15) is 4.79 Å². The van der Waals surface area contributed by atoms with Crippen LogP contribution in [0, 0.1) is 23.2 Å². The maximum absolute atomic E-state index is 12.4. The summed E-state index contributed by atoms with van der Waals surface area (Å²) in [6.07, 6.45) is 8.35. The lowest BCUT2D eigenvalue weighted by atomic mass is 9.49. The number of anilines is 1. The molecule has 0 atom stereocenters. The predicted octanol–water partition coefficient (Wildman–Crippen LogP) is 5.32. The molecule has 1 aromatic rings. The Hall–Kier alpha value is -1.51. The van der Waals surface area contributed by atoms with Crippen molar-refractivity contribution in [3.63, 3.8) is 0 Å². The van der Waals surface area contributed by atoms with Crippen LogP contribution in [0.5, 0.6) is 0 Å². The molecule has 0 aliphatic heterocycles. The minimum absolute atomic E-state index is 0.0562. The molecule has 0 heterocycles. The SMILES string of the molecule is CC(C)(C)c1ccc(NC(=O)NCC23CC4CC(CC(C4)C2)C3)cc1. The Bertz CT molecular complexity index is 606. The summed E-state index contributed by atoms with van der Waals surface area (Å²) in [4.78, 5) is 12.4. The van der Waals surface area contributed by atoms with Crippen LogP contribution in [0.4, 0.5) is 10.5 Å². The maximum Gasteiger partial charge on any atom is 0.319 e. The molecule has 4 saturated carbocycles. The molecular formula is C22H32N2O. The summed E-state index contributed by atoms with van der Waals surface area (Å²) in [6.45, 7) is 7.46. The van der Waals surface area contributed by atoms with E-state index in [0.717, 1.165) is 30.0 Å². The highest BCUT2D eigenvalue weighted by Crippen LogP contribution is 2.59. The average Bonchev–Trinajstić information content (AvgIpc) is 2.51. The van der Waals surface area contributed by atoms with Crippen molar-refractivity contribution in [1.82, 2.24) is 5.32 Å². The molecule has 25 heavy (non-hydrogen) atoms. The summed E-state index contributed by atoms with van der Waals surface area (Å²) in [7, 11) is 0. The molecule has 4 fully saturated rings. The van der Waals surface area contributed by atoms with Gasteiger partial charge in [-0.3, -0.25) is 0 Å². The van der Waals surface area contributed by atoms with E-state index < -0.39 is 0 Å². The second-order valence-electron chi connectivity index (χ2n) is 10.1. The molecule has 3 nitrogen and oxygen atoms in total. The normalized spacial score (nSPS) is 33.3. The molecule has 2 amide bonds. The number of nitrogens with one attached hydrogen (secondary N) is 2. The molecule has 0 spiro atoms. The molecule has 136 valence electrons. The molecule has 5 rings (SSSR count). The Labute approximate surface area is 152 Å². The van der Waals surface area contributed by atoms with Crippen LogP contribution in [0.3, 0.4) is 0 Å². The Kier molecular flexibility index (Phi) is 4.09. The minimum Gasteiger partial charge on any atom is -0.337 e. The topological polar surface area (TPSA) is 41.1 Å². The zero-order valence-corrected chi connectivity index (χ0v) is 15.9. The lowest BCUT2D eigenvalue weighted by molar-refractivity contribution is -0.0496. The zero-order valence-electron chi connectivity index (χ0n) is 15.9. The second-order valence-corrected chi connectivity index (χ2v) is 10.1. The van der Waals surface area contributed by atoms with Crippen LogP contribution in [0.2, 0.25) is 0 Å². The molecule has 4 bridgehead atoms. The summed E-state index contributed by atoms with van der Waals surface area (Å²) in [6, 6.07) is 8.17. The molecule has 2 N–H and O–H groups in total. The quantitative estimate of drug-likeness (QED) is 0.768. The molecule has 1 aromatic carbocycles. The zero-order chi connectivity index (χ0) is 17.7. The Morgan fingerprint density at radius 2 is 1.52 bits per heavy atom. The number of carbonyl (C=O) groups is 1. The average molecular weight is 341 g/mol. The van der Waals surface area contributed by atoms with Gasteiger partial charge in [-0.2, -0.15) is 0 Å². The number of rotatable bonds is 3. The van der Waals surface area contributed by atoms with Crippen molar-refractivity contribution in [2.24, 2.45) is 23.2 Å². The van der Waals surface area contributed by atoms with Gasteiger partial charge in [0, 0.05) is 12.2 Å². The number of hydrogen-bond acceptors (Lipinski definition) is 1. The number of hydrogen-bond donors (Lipinski definition) is 2. The van der Waals surface area contributed by atoms with Gasteiger partial charge in [0.1, 0.15) is 0 Å². The van der Waals surface area contributed by atoms with Crippen LogP contribution in [-0.4, -0.2) is 12.6 Å². The first-order chi connectivity index (χ1) is 11.8. The highest BCUT2D eigenvalue weighted by Gasteiger charge is 2.50. The van der Waals surface area contributed by atoms with Crippen molar-refractivity contribution in [2.75, 3.05) is 11.9 Å². The van der Waals surface area contributed by atoms with E-state index in [2.05, 4.69) is 43.5 Å². The van der Waals surface area contributed by atoms with Crippen LogP contribution < -0.4 is 10.6 Å². The molecule has 0 aromatic heterocycles. The second kappa shape index (κ2) is 6.03. The summed E-state index contributed by atoms with van der Waals surface area (Å²) >= 11 is 0. The molecule has 0 radical (unpaired) electrons. The first-order valence-corrected chi connectivity index (χ1v) is 9.97. The van der Waals surface area contributed by atoms with E-state index >= 15 is 0 Å². The van der Waals surface area contributed by atoms with Gasteiger partial charge in [0.05, 0.1) is 0 Å². The largest absolute Gasteiger partial charge is 0.337 e. The lowest BCUT2D eigenvalue weighted by Gasteiger charge is -2.56. The Morgan fingerprint density at radius 3 is 2.00 bits per heavy atom. The molecule has 0 saturated heterocycles. The van der Waals surface area contributed by atoms with Crippen LogP contribution in [0.15, 0.2) is 24.3 Å². The summed E-state index contributed by atoms with van der Waals surface area (Å²) in [5.41, 5.74) is 2.68. The van der Waals surface area contributed by atoms with Crippen molar-refractivity contribution in [3.05, 3.63) is 29.8 Å². The number of benzene rings is 1. The van der Waals surface area contributed by atoms with Crippen molar-refractivity contribution in [3.8, 4) is 0 Å². The van der Waals surface area contributed by atoms with Gasteiger partial charge < -0.3 is 10.6 Å². The Morgan fingerprint density at radius 1 is 1.00 bits per heavy atom. The van der Waals surface area contributed by atoms with Gasteiger partial charge in [-0.1, -0.05) is 32.9 Å². The van der Waals surface area contributed by atoms with E-state index in [4.69, 9.17) is 0 Å². The monoisotopic (exact) mass is 340 g/mol.